The number of likely N-dealkylation sites (N-methyl/N-ethyl adjacent to an activating group) is 1. The van der Waals surface area contributed by atoms with Crippen LogP contribution < -0.4 is 5.32 Å². The van der Waals surface area contributed by atoms with E-state index >= 15 is 0 Å². The molecule has 0 aromatic heterocycles. The summed E-state index contributed by atoms with van der Waals surface area (Å²) in [5.41, 5.74) is 1.28. The number of nitrogens with zero attached hydrogens (tertiary/aromatic N) is 2. The van der Waals surface area contributed by atoms with Gasteiger partial charge in [-0.05, 0) is 42.3 Å². The molecule has 6 heteroatoms. The molecule has 0 aliphatic carbocycles. The van der Waals surface area contributed by atoms with Crippen molar-refractivity contribution in [2.75, 3.05) is 7.05 Å². The van der Waals surface area contributed by atoms with Crippen LogP contribution >= 0.6 is 0 Å². The van der Waals surface area contributed by atoms with E-state index in [0.717, 1.165) is 5.56 Å². The third-order valence-corrected chi connectivity index (χ3v) is 4.99. The summed E-state index contributed by atoms with van der Waals surface area (Å²) in [5, 5.41) is 12.2. The van der Waals surface area contributed by atoms with Crippen molar-refractivity contribution in [3.05, 3.63) is 82.8 Å². The molecule has 2 aromatic carbocycles. The largest absolute Gasteiger partial charge is 0.336 e. The van der Waals surface area contributed by atoms with Gasteiger partial charge in [0, 0.05) is 19.0 Å². The quantitative estimate of drug-likeness (QED) is 0.816. The first-order valence-corrected chi connectivity index (χ1v) is 9.01. The number of nitrogens with one attached hydrogen (secondary N) is 1. The molecule has 0 bridgehead atoms. The minimum absolute atomic E-state index is 0.136. The summed E-state index contributed by atoms with van der Waals surface area (Å²) in [6, 6.07) is 13.1. The predicted octanol–water partition coefficient (Wildman–Crippen LogP) is 3.27. The summed E-state index contributed by atoms with van der Waals surface area (Å²) in [4.78, 5) is 27.3. The summed E-state index contributed by atoms with van der Waals surface area (Å²) in [5.74, 6) is -1.10. The molecule has 1 aliphatic heterocycles. The van der Waals surface area contributed by atoms with E-state index in [1.807, 2.05) is 0 Å². The minimum Gasteiger partial charge on any atom is -0.336 e. The van der Waals surface area contributed by atoms with Crippen LogP contribution in [-0.2, 0) is 16.0 Å². The van der Waals surface area contributed by atoms with E-state index in [2.05, 4.69) is 18.0 Å². The second-order valence-corrected chi connectivity index (χ2v) is 7.11. The van der Waals surface area contributed by atoms with Gasteiger partial charge >= 0.3 is 0 Å². The molecule has 0 radical (unpaired) electrons. The van der Waals surface area contributed by atoms with E-state index in [1.54, 1.807) is 43.3 Å². The van der Waals surface area contributed by atoms with Crippen LogP contribution in [0.1, 0.15) is 29.2 Å². The zero-order valence-corrected chi connectivity index (χ0v) is 16.2. The molecule has 146 valence electrons. The normalized spacial score (nSPS) is 20.3. The number of amides is 2. The number of carbonyl (C=O) groups is 2. The number of piperazine rings is 1. The van der Waals surface area contributed by atoms with Gasteiger partial charge in [-0.1, -0.05) is 36.9 Å². The maximum absolute atomic E-state index is 13.2. The van der Waals surface area contributed by atoms with Crippen LogP contribution in [0.15, 0.2) is 54.7 Å². The Hall–Kier alpha value is -3.72. The van der Waals surface area contributed by atoms with Gasteiger partial charge in [-0.3, -0.25) is 9.59 Å². The highest BCUT2D eigenvalue weighted by atomic mass is 19.1. The molecule has 1 aliphatic rings. The number of halogens is 1. The van der Waals surface area contributed by atoms with Gasteiger partial charge in [0.2, 0.25) is 0 Å². The van der Waals surface area contributed by atoms with Crippen molar-refractivity contribution in [3.63, 3.8) is 0 Å². The monoisotopic (exact) mass is 389 g/mol. The maximum Gasteiger partial charge on any atom is 0.268 e. The smallest absolute Gasteiger partial charge is 0.268 e. The summed E-state index contributed by atoms with van der Waals surface area (Å²) in [6.45, 7) is 5.38. The van der Waals surface area contributed by atoms with E-state index in [0.29, 0.717) is 16.7 Å². The van der Waals surface area contributed by atoms with Gasteiger partial charge in [-0.2, -0.15) is 5.26 Å². The summed E-state index contributed by atoms with van der Waals surface area (Å²) >= 11 is 0. The molecule has 1 heterocycles. The highest BCUT2D eigenvalue weighted by Gasteiger charge is 2.44. The molecule has 2 amide bonds. The van der Waals surface area contributed by atoms with Crippen molar-refractivity contribution in [1.82, 2.24) is 10.2 Å². The Morgan fingerprint density at radius 2 is 1.93 bits per heavy atom. The van der Waals surface area contributed by atoms with Gasteiger partial charge in [-0.25, -0.2) is 4.39 Å². The van der Waals surface area contributed by atoms with Crippen molar-refractivity contribution in [3.8, 4) is 6.07 Å². The number of carbonyl (C=O) groups excluding carboxylic acids is 2. The Morgan fingerprint density at radius 1 is 1.24 bits per heavy atom. The number of benzene rings is 2. The van der Waals surface area contributed by atoms with Gasteiger partial charge in [0.25, 0.3) is 11.8 Å². The van der Waals surface area contributed by atoms with Crippen LogP contribution in [0.5, 0.6) is 0 Å². The molecular formula is C23H20FN3O2. The lowest BCUT2D eigenvalue weighted by Gasteiger charge is -2.39. The van der Waals surface area contributed by atoms with Gasteiger partial charge < -0.3 is 10.2 Å². The third kappa shape index (κ3) is 3.81. The molecular weight excluding hydrogens is 369 g/mol. The van der Waals surface area contributed by atoms with Crippen LogP contribution in [0.3, 0.4) is 0 Å². The van der Waals surface area contributed by atoms with Crippen LogP contribution in [0.25, 0.3) is 12.2 Å². The molecule has 0 spiro atoms. The molecule has 2 aromatic rings. The van der Waals surface area contributed by atoms with Gasteiger partial charge in [-0.15, -0.1) is 0 Å². The Balaban J connectivity index is 1.97. The van der Waals surface area contributed by atoms with Crippen molar-refractivity contribution in [1.29, 1.82) is 5.26 Å². The molecule has 1 N–H and O–H groups in total. The van der Waals surface area contributed by atoms with E-state index in [9.17, 15) is 19.2 Å². The first-order chi connectivity index (χ1) is 13.8. The highest BCUT2D eigenvalue weighted by Crippen LogP contribution is 2.27. The predicted molar refractivity (Wildman–Crippen MR) is 109 cm³/mol. The second-order valence-electron chi connectivity index (χ2n) is 7.11. The first kappa shape index (κ1) is 20.0. The molecule has 1 unspecified atom stereocenters. The van der Waals surface area contributed by atoms with Crippen molar-refractivity contribution in [2.24, 2.45) is 0 Å². The lowest BCUT2D eigenvalue weighted by atomic mass is 9.88. The Labute approximate surface area is 168 Å². The molecule has 1 saturated heterocycles. The third-order valence-electron chi connectivity index (χ3n) is 4.99. The van der Waals surface area contributed by atoms with E-state index in [4.69, 9.17) is 0 Å². The fraction of sp³-hybridized carbons (Fsp3) is 0.174. The minimum atomic E-state index is -1.17. The van der Waals surface area contributed by atoms with Crippen molar-refractivity contribution < 1.29 is 14.0 Å². The highest BCUT2D eigenvalue weighted by molar-refractivity contribution is 6.09. The number of hydrogen-bond acceptors (Lipinski definition) is 3. The number of rotatable bonds is 4. The zero-order valence-electron chi connectivity index (χ0n) is 16.2. The van der Waals surface area contributed by atoms with E-state index in [-0.39, 0.29) is 23.8 Å². The average Bonchev–Trinajstić information content (AvgIpc) is 2.71. The molecule has 1 atom stereocenters. The zero-order chi connectivity index (χ0) is 21.2. The van der Waals surface area contributed by atoms with Gasteiger partial charge in [0.15, 0.2) is 0 Å². The maximum atomic E-state index is 13.2. The summed E-state index contributed by atoms with van der Waals surface area (Å²) in [6.07, 6.45) is 3.34. The van der Waals surface area contributed by atoms with Crippen LogP contribution in [0.4, 0.5) is 4.39 Å². The Kier molecular flexibility index (Phi) is 5.33. The lowest BCUT2D eigenvalue weighted by molar-refractivity contribution is -0.143. The molecule has 3 rings (SSSR count). The summed E-state index contributed by atoms with van der Waals surface area (Å²) < 4.78 is 13.2. The molecule has 1 fully saturated rings. The fourth-order valence-electron chi connectivity index (χ4n) is 3.45. The average molecular weight is 389 g/mol. The summed E-state index contributed by atoms with van der Waals surface area (Å²) in [7, 11) is 1.53. The fourth-order valence-corrected chi connectivity index (χ4v) is 3.45. The molecule has 0 saturated carbocycles. The molecule has 5 nitrogen and oxygen atoms in total. The van der Waals surface area contributed by atoms with Crippen LogP contribution in [0, 0.1) is 17.1 Å². The first-order valence-electron chi connectivity index (χ1n) is 9.01. The van der Waals surface area contributed by atoms with Crippen LogP contribution in [0.2, 0.25) is 0 Å². The van der Waals surface area contributed by atoms with E-state index in [1.165, 1.54) is 30.2 Å². The SMILES string of the molecule is C=Cc1cccc(C#N)c1/C=C1\C(=O)NC(C)(Cc2ccc(F)cc2)C(=O)N1C. The number of hydrogen-bond donors (Lipinski definition) is 1. The van der Waals surface area contributed by atoms with Gasteiger partial charge in [0.1, 0.15) is 17.1 Å². The molecule has 29 heavy (non-hydrogen) atoms. The lowest BCUT2D eigenvalue weighted by Crippen LogP contribution is -2.64. The van der Waals surface area contributed by atoms with Crippen molar-refractivity contribution >= 4 is 24.0 Å². The topological polar surface area (TPSA) is 73.2 Å². The Morgan fingerprint density at radius 3 is 2.55 bits per heavy atom. The van der Waals surface area contributed by atoms with Crippen LogP contribution in [-0.4, -0.2) is 29.3 Å². The van der Waals surface area contributed by atoms with E-state index < -0.39 is 11.4 Å². The van der Waals surface area contributed by atoms with Gasteiger partial charge in [0.05, 0.1) is 11.6 Å². The second kappa shape index (κ2) is 7.72. The standard InChI is InChI=1S/C23H20FN3O2/c1-4-16-6-5-7-17(14-25)19(16)12-20-21(28)26-23(2,22(29)27(20)3)13-15-8-10-18(24)11-9-15/h4-12H,1,13H2,2-3H3,(H,26,28)/b20-12+. The van der Waals surface area contributed by atoms with Crippen molar-refractivity contribution in [2.45, 2.75) is 18.9 Å². The number of nitriles is 1. The Bertz CT molecular complexity index is 1070.